The van der Waals surface area contributed by atoms with Gasteiger partial charge in [-0.25, -0.2) is 0 Å². The van der Waals surface area contributed by atoms with Gasteiger partial charge in [0.2, 0.25) is 0 Å². The SMILES string of the molecule is COc1ccc(CN)cc1CN(CCO)C(C)C. The van der Waals surface area contributed by atoms with Crippen LogP contribution in [-0.4, -0.2) is 36.3 Å². The molecule has 3 N–H and O–H groups in total. The molecule has 0 fully saturated rings. The van der Waals surface area contributed by atoms with Crippen molar-refractivity contribution in [1.82, 2.24) is 4.90 Å². The van der Waals surface area contributed by atoms with Gasteiger partial charge in [-0.15, -0.1) is 0 Å². The fourth-order valence-corrected chi connectivity index (χ4v) is 1.95. The maximum absolute atomic E-state index is 9.10. The predicted molar refractivity (Wildman–Crippen MR) is 73.5 cm³/mol. The van der Waals surface area contributed by atoms with E-state index in [4.69, 9.17) is 15.6 Å². The van der Waals surface area contributed by atoms with Crippen LogP contribution in [0.25, 0.3) is 0 Å². The Bertz CT molecular complexity index is 367. The third-order valence-corrected chi connectivity index (χ3v) is 3.07. The second-order valence-electron chi connectivity index (χ2n) is 4.64. The highest BCUT2D eigenvalue weighted by molar-refractivity contribution is 5.37. The molecule has 4 nitrogen and oxygen atoms in total. The minimum atomic E-state index is 0.164. The molecule has 1 rings (SSSR count). The number of aliphatic hydroxyl groups excluding tert-OH is 1. The van der Waals surface area contributed by atoms with E-state index in [9.17, 15) is 0 Å². The van der Waals surface area contributed by atoms with Crippen molar-refractivity contribution < 1.29 is 9.84 Å². The van der Waals surface area contributed by atoms with Crippen LogP contribution in [-0.2, 0) is 13.1 Å². The van der Waals surface area contributed by atoms with Crippen molar-refractivity contribution >= 4 is 0 Å². The number of methoxy groups -OCH3 is 1. The molecule has 0 bridgehead atoms. The first kappa shape index (κ1) is 15.0. The Morgan fingerprint density at radius 2 is 2.11 bits per heavy atom. The largest absolute Gasteiger partial charge is 0.496 e. The molecule has 0 atom stereocenters. The summed E-state index contributed by atoms with van der Waals surface area (Å²) in [6, 6.07) is 6.39. The molecule has 0 aliphatic heterocycles. The van der Waals surface area contributed by atoms with Crippen molar-refractivity contribution in [2.24, 2.45) is 5.73 Å². The summed E-state index contributed by atoms with van der Waals surface area (Å²) in [5.41, 5.74) is 7.87. The second-order valence-corrected chi connectivity index (χ2v) is 4.64. The average molecular weight is 252 g/mol. The van der Waals surface area contributed by atoms with E-state index in [0.29, 0.717) is 19.1 Å². The predicted octanol–water partition coefficient (Wildman–Crippen LogP) is 1.36. The molecule has 102 valence electrons. The van der Waals surface area contributed by atoms with Crippen molar-refractivity contribution in [1.29, 1.82) is 0 Å². The first-order valence-electron chi connectivity index (χ1n) is 6.33. The van der Waals surface area contributed by atoms with E-state index < -0.39 is 0 Å². The summed E-state index contributed by atoms with van der Waals surface area (Å²) in [5.74, 6) is 0.871. The number of aliphatic hydroxyl groups is 1. The summed E-state index contributed by atoms with van der Waals surface area (Å²) in [4.78, 5) is 2.21. The van der Waals surface area contributed by atoms with E-state index in [1.807, 2.05) is 12.1 Å². The molecule has 0 unspecified atom stereocenters. The lowest BCUT2D eigenvalue weighted by Gasteiger charge is -2.26. The van der Waals surface area contributed by atoms with Gasteiger partial charge < -0.3 is 15.6 Å². The van der Waals surface area contributed by atoms with E-state index in [2.05, 4.69) is 24.8 Å². The fraction of sp³-hybridized carbons (Fsp3) is 0.571. The third-order valence-electron chi connectivity index (χ3n) is 3.07. The van der Waals surface area contributed by atoms with E-state index in [1.165, 1.54) is 0 Å². The normalized spacial score (nSPS) is 11.3. The fourth-order valence-electron chi connectivity index (χ4n) is 1.95. The van der Waals surface area contributed by atoms with Gasteiger partial charge in [-0.2, -0.15) is 0 Å². The molecule has 18 heavy (non-hydrogen) atoms. The summed E-state index contributed by atoms with van der Waals surface area (Å²) < 4.78 is 5.37. The Balaban J connectivity index is 2.91. The molecule has 0 aliphatic carbocycles. The van der Waals surface area contributed by atoms with E-state index in [1.54, 1.807) is 7.11 Å². The molecule has 1 aromatic rings. The molecular formula is C14H24N2O2. The molecule has 0 aliphatic rings. The lowest BCUT2D eigenvalue weighted by atomic mass is 10.1. The number of rotatable bonds is 7. The third kappa shape index (κ3) is 3.98. The molecule has 1 aromatic carbocycles. The van der Waals surface area contributed by atoms with Gasteiger partial charge in [-0.05, 0) is 31.5 Å². The number of nitrogens with zero attached hydrogens (tertiary/aromatic N) is 1. The Labute approximate surface area is 109 Å². The smallest absolute Gasteiger partial charge is 0.123 e. The molecule has 4 heteroatoms. The van der Waals surface area contributed by atoms with Gasteiger partial charge in [0.15, 0.2) is 0 Å². The van der Waals surface area contributed by atoms with Gasteiger partial charge >= 0.3 is 0 Å². The van der Waals surface area contributed by atoms with Crippen LogP contribution in [0.3, 0.4) is 0 Å². The van der Waals surface area contributed by atoms with Gasteiger partial charge in [-0.1, -0.05) is 6.07 Å². The van der Waals surface area contributed by atoms with Crippen molar-refractivity contribution in [3.8, 4) is 5.75 Å². The van der Waals surface area contributed by atoms with Crippen LogP contribution in [0, 0.1) is 0 Å². The summed E-state index contributed by atoms with van der Waals surface area (Å²) >= 11 is 0. The number of benzene rings is 1. The number of nitrogens with two attached hydrogens (primary N) is 1. The first-order valence-corrected chi connectivity index (χ1v) is 6.33. The van der Waals surface area contributed by atoms with Gasteiger partial charge in [-0.3, -0.25) is 4.90 Å². The maximum atomic E-state index is 9.10. The van der Waals surface area contributed by atoms with Crippen molar-refractivity contribution in [2.45, 2.75) is 33.0 Å². The first-order chi connectivity index (χ1) is 8.62. The Kier molecular flexibility index (Phi) is 6.12. The summed E-state index contributed by atoms with van der Waals surface area (Å²) in [6.45, 7) is 6.35. The van der Waals surface area contributed by atoms with Crippen LogP contribution in [0.4, 0.5) is 0 Å². The van der Waals surface area contributed by atoms with Crippen molar-refractivity contribution in [2.75, 3.05) is 20.3 Å². The van der Waals surface area contributed by atoms with E-state index >= 15 is 0 Å². The molecule has 0 radical (unpaired) electrons. The van der Waals surface area contributed by atoms with Crippen LogP contribution in [0.15, 0.2) is 18.2 Å². The Hall–Kier alpha value is -1.10. The molecule has 0 saturated carbocycles. The van der Waals surface area contributed by atoms with E-state index in [-0.39, 0.29) is 6.61 Å². The minimum Gasteiger partial charge on any atom is -0.496 e. The molecule has 0 spiro atoms. The zero-order valence-corrected chi connectivity index (χ0v) is 11.5. The Morgan fingerprint density at radius 1 is 1.39 bits per heavy atom. The molecule has 0 aromatic heterocycles. The second kappa shape index (κ2) is 7.36. The zero-order valence-electron chi connectivity index (χ0n) is 11.5. The van der Waals surface area contributed by atoms with Gasteiger partial charge in [0, 0.05) is 31.2 Å². The van der Waals surface area contributed by atoms with Crippen LogP contribution in [0.5, 0.6) is 5.75 Å². The molecular weight excluding hydrogens is 228 g/mol. The number of ether oxygens (including phenoxy) is 1. The summed E-state index contributed by atoms with van der Waals surface area (Å²) in [6.07, 6.45) is 0. The molecule has 0 heterocycles. The quantitative estimate of drug-likeness (QED) is 0.769. The highest BCUT2D eigenvalue weighted by Gasteiger charge is 2.12. The number of hydrogen-bond donors (Lipinski definition) is 2. The van der Waals surface area contributed by atoms with Crippen LogP contribution in [0.1, 0.15) is 25.0 Å². The van der Waals surface area contributed by atoms with Crippen LogP contribution in [0.2, 0.25) is 0 Å². The standard InChI is InChI=1S/C14H24N2O2/c1-11(2)16(6-7-17)10-13-8-12(9-15)4-5-14(13)18-3/h4-5,8,11,17H,6-7,9-10,15H2,1-3H3. The molecule has 0 amide bonds. The van der Waals surface area contributed by atoms with Gasteiger partial charge in [0.05, 0.1) is 13.7 Å². The van der Waals surface area contributed by atoms with Crippen LogP contribution >= 0.6 is 0 Å². The summed E-state index contributed by atoms with van der Waals surface area (Å²) in [5, 5.41) is 9.10. The zero-order chi connectivity index (χ0) is 13.5. The average Bonchev–Trinajstić information content (AvgIpc) is 2.37. The molecule has 0 saturated heterocycles. The highest BCUT2D eigenvalue weighted by atomic mass is 16.5. The highest BCUT2D eigenvalue weighted by Crippen LogP contribution is 2.22. The topological polar surface area (TPSA) is 58.7 Å². The minimum absolute atomic E-state index is 0.164. The van der Waals surface area contributed by atoms with Gasteiger partial charge in [0.25, 0.3) is 0 Å². The van der Waals surface area contributed by atoms with Gasteiger partial charge in [0.1, 0.15) is 5.75 Å². The number of hydrogen-bond acceptors (Lipinski definition) is 4. The van der Waals surface area contributed by atoms with Crippen molar-refractivity contribution in [3.63, 3.8) is 0 Å². The van der Waals surface area contributed by atoms with E-state index in [0.717, 1.165) is 23.4 Å². The maximum Gasteiger partial charge on any atom is 0.123 e. The summed E-state index contributed by atoms with van der Waals surface area (Å²) in [7, 11) is 1.67. The lowest BCUT2D eigenvalue weighted by Crippen LogP contribution is -2.33. The Morgan fingerprint density at radius 3 is 2.61 bits per heavy atom. The van der Waals surface area contributed by atoms with Crippen molar-refractivity contribution in [3.05, 3.63) is 29.3 Å². The lowest BCUT2D eigenvalue weighted by molar-refractivity contribution is 0.158. The van der Waals surface area contributed by atoms with Crippen LogP contribution < -0.4 is 10.5 Å². The monoisotopic (exact) mass is 252 g/mol.